The zero-order valence-corrected chi connectivity index (χ0v) is 15.4. The van der Waals surface area contributed by atoms with E-state index in [2.05, 4.69) is 15.3 Å². The summed E-state index contributed by atoms with van der Waals surface area (Å²) in [5.74, 6) is -0.265. The molecule has 28 heavy (non-hydrogen) atoms. The van der Waals surface area contributed by atoms with E-state index in [1.54, 1.807) is 6.20 Å². The minimum atomic E-state index is -0.265. The number of rotatable bonds is 5. The molecular formula is C22H19N5O. The molecule has 1 amide bonds. The summed E-state index contributed by atoms with van der Waals surface area (Å²) in [6, 6.07) is 19.8. The summed E-state index contributed by atoms with van der Waals surface area (Å²) >= 11 is 0. The third-order valence-corrected chi connectivity index (χ3v) is 4.31. The van der Waals surface area contributed by atoms with Crippen molar-refractivity contribution in [2.75, 3.05) is 0 Å². The molecule has 2 heterocycles. The molecule has 0 saturated carbocycles. The van der Waals surface area contributed by atoms with Crippen LogP contribution in [0.4, 0.5) is 0 Å². The van der Waals surface area contributed by atoms with Crippen molar-refractivity contribution < 1.29 is 4.79 Å². The molecule has 0 fully saturated rings. The SMILES string of the molecule is Cc1cnc(C(=O)NCc2cn(-c3ccccc3)nc2-c2ccccc2)cn1. The number of carbonyl (C=O) groups is 1. The van der Waals surface area contributed by atoms with Gasteiger partial charge in [0.05, 0.1) is 23.3 Å². The van der Waals surface area contributed by atoms with Gasteiger partial charge in [0.2, 0.25) is 0 Å². The standard InChI is InChI=1S/C22H19N5O/c1-16-12-24-20(14-23-16)22(28)25-13-18-15-27(19-10-6-3-7-11-19)26-21(18)17-8-4-2-5-9-17/h2-12,14-15H,13H2,1H3,(H,25,28). The molecule has 6 heteroatoms. The molecule has 6 nitrogen and oxygen atoms in total. The highest BCUT2D eigenvalue weighted by Gasteiger charge is 2.14. The van der Waals surface area contributed by atoms with E-state index in [0.29, 0.717) is 12.2 Å². The molecule has 0 radical (unpaired) electrons. The fourth-order valence-corrected chi connectivity index (χ4v) is 2.87. The number of carbonyl (C=O) groups excluding carboxylic acids is 1. The van der Waals surface area contributed by atoms with E-state index in [-0.39, 0.29) is 5.91 Å². The van der Waals surface area contributed by atoms with Crippen LogP contribution in [0.15, 0.2) is 79.3 Å². The normalized spacial score (nSPS) is 10.6. The van der Waals surface area contributed by atoms with Crippen LogP contribution in [0, 0.1) is 6.92 Å². The average Bonchev–Trinajstić information content (AvgIpc) is 3.18. The van der Waals surface area contributed by atoms with Crippen LogP contribution in [0.5, 0.6) is 0 Å². The van der Waals surface area contributed by atoms with Crippen molar-refractivity contribution in [3.05, 3.63) is 96.2 Å². The summed E-state index contributed by atoms with van der Waals surface area (Å²) in [5, 5.41) is 7.67. The first kappa shape index (κ1) is 17.6. The second kappa shape index (κ2) is 7.84. The summed E-state index contributed by atoms with van der Waals surface area (Å²) in [6.45, 7) is 2.17. The van der Waals surface area contributed by atoms with Gasteiger partial charge in [-0.25, -0.2) is 9.67 Å². The summed E-state index contributed by atoms with van der Waals surface area (Å²) in [5.41, 5.74) is 4.77. The van der Waals surface area contributed by atoms with Gasteiger partial charge in [-0.15, -0.1) is 0 Å². The number of benzene rings is 2. The highest BCUT2D eigenvalue weighted by atomic mass is 16.1. The Kier molecular flexibility index (Phi) is 4.93. The quantitative estimate of drug-likeness (QED) is 0.584. The Hall–Kier alpha value is -3.80. The Labute approximate surface area is 162 Å². The molecule has 4 aromatic rings. The van der Waals surface area contributed by atoms with Crippen LogP contribution in [-0.4, -0.2) is 25.7 Å². The minimum Gasteiger partial charge on any atom is -0.346 e. The van der Waals surface area contributed by atoms with Gasteiger partial charge in [0, 0.05) is 30.1 Å². The third kappa shape index (κ3) is 3.81. The number of hydrogen-bond donors (Lipinski definition) is 1. The molecule has 2 aromatic carbocycles. The highest BCUT2D eigenvalue weighted by Crippen LogP contribution is 2.23. The van der Waals surface area contributed by atoms with Gasteiger partial charge in [0.25, 0.3) is 5.91 Å². The molecule has 0 atom stereocenters. The summed E-state index contributed by atoms with van der Waals surface area (Å²) < 4.78 is 1.83. The molecule has 0 aliphatic carbocycles. The van der Waals surface area contributed by atoms with Crippen molar-refractivity contribution in [1.29, 1.82) is 0 Å². The number of aryl methyl sites for hydroxylation is 1. The van der Waals surface area contributed by atoms with Crippen molar-refractivity contribution in [2.24, 2.45) is 0 Å². The number of nitrogens with zero attached hydrogens (tertiary/aromatic N) is 4. The van der Waals surface area contributed by atoms with Crippen LogP contribution in [0.2, 0.25) is 0 Å². The number of hydrogen-bond acceptors (Lipinski definition) is 4. The maximum Gasteiger partial charge on any atom is 0.271 e. The molecule has 0 unspecified atom stereocenters. The molecule has 0 spiro atoms. The van der Waals surface area contributed by atoms with Crippen LogP contribution < -0.4 is 5.32 Å². The topological polar surface area (TPSA) is 72.7 Å². The fraction of sp³-hybridized carbons (Fsp3) is 0.0909. The first-order valence-corrected chi connectivity index (χ1v) is 8.97. The monoisotopic (exact) mass is 369 g/mol. The molecule has 2 aromatic heterocycles. The maximum absolute atomic E-state index is 12.4. The van der Waals surface area contributed by atoms with Gasteiger partial charge in [-0.2, -0.15) is 5.10 Å². The van der Waals surface area contributed by atoms with Crippen LogP contribution in [0.25, 0.3) is 16.9 Å². The predicted octanol–water partition coefficient (Wildman–Crippen LogP) is 3.57. The Morgan fingerprint density at radius 1 is 0.964 bits per heavy atom. The zero-order chi connectivity index (χ0) is 19.3. The summed E-state index contributed by atoms with van der Waals surface area (Å²) in [4.78, 5) is 20.7. The van der Waals surface area contributed by atoms with E-state index in [1.165, 1.54) is 6.20 Å². The molecule has 0 aliphatic heterocycles. The molecular weight excluding hydrogens is 350 g/mol. The minimum absolute atomic E-state index is 0.265. The van der Waals surface area contributed by atoms with E-state index in [4.69, 9.17) is 5.10 Å². The van der Waals surface area contributed by atoms with Crippen molar-refractivity contribution >= 4 is 5.91 Å². The van der Waals surface area contributed by atoms with Crippen LogP contribution in [0.3, 0.4) is 0 Å². The van der Waals surface area contributed by atoms with Crippen LogP contribution in [-0.2, 0) is 6.54 Å². The zero-order valence-electron chi connectivity index (χ0n) is 15.4. The summed E-state index contributed by atoms with van der Waals surface area (Å²) in [6.07, 6.45) is 5.01. The molecule has 0 aliphatic rings. The second-order valence-corrected chi connectivity index (χ2v) is 6.37. The molecule has 0 bridgehead atoms. The van der Waals surface area contributed by atoms with E-state index in [9.17, 15) is 4.79 Å². The van der Waals surface area contributed by atoms with Gasteiger partial charge >= 0.3 is 0 Å². The highest BCUT2D eigenvalue weighted by molar-refractivity contribution is 5.91. The van der Waals surface area contributed by atoms with Gasteiger partial charge < -0.3 is 5.32 Å². The van der Waals surface area contributed by atoms with E-state index < -0.39 is 0 Å². The first-order valence-electron chi connectivity index (χ1n) is 8.97. The largest absolute Gasteiger partial charge is 0.346 e. The average molecular weight is 369 g/mol. The number of nitrogens with one attached hydrogen (secondary N) is 1. The smallest absolute Gasteiger partial charge is 0.271 e. The van der Waals surface area contributed by atoms with Gasteiger partial charge in [-0.1, -0.05) is 48.5 Å². The Balaban J connectivity index is 1.62. The molecule has 1 N–H and O–H groups in total. The molecule has 0 saturated heterocycles. The van der Waals surface area contributed by atoms with Crippen LogP contribution in [0.1, 0.15) is 21.7 Å². The summed E-state index contributed by atoms with van der Waals surface area (Å²) in [7, 11) is 0. The number of para-hydroxylation sites is 1. The molecule has 4 rings (SSSR count). The Bertz CT molecular complexity index is 1070. The van der Waals surface area contributed by atoms with Crippen molar-refractivity contribution in [1.82, 2.24) is 25.1 Å². The van der Waals surface area contributed by atoms with Crippen molar-refractivity contribution in [2.45, 2.75) is 13.5 Å². The van der Waals surface area contributed by atoms with Gasteiger partial charge in [0.15, 0.2) is 0 Å². The Morgan fingerprint density at radius 3 is 2.36 bits per heavy atom. The maximum atomic E-state index is 12.4. The van der Waals surface area contributed by atoms with E-state index in [1.807, 2.05) is 78.5 Å². The fourth-order valence-electron chi connectivity index (χ4n) is 2.87. The van der Waals surface area contributed by atoms with E-state index >= 15 is 0 Å². The third-order valence-electron chi connectivity index (χ3n) is 4.31. The predicted molar refractivity (Wildman–Crippen MR) is 107 cm³/mol. The Morgan fingerprint density at radius 2 is 1.68 bits per heavy atom. The first-order chi connectivity index (χ1) is 13.7. The number of aromatic nitrogens is 4. The van der Waals surface area contributed by atoms with Gasteiger partial charge in [0.1, 0.15) is 5.69 Å². The van der Waals surface area contributed by atoms with E-state index in [0.717, 1.165) is 28.2 Å². The van der Waals surface area contributed by atoms with Crippen molar-refractivity contribution in [3.8, 4) is 16.9 Å². The molecule has 138 valence electrons. The van der Waals surface area contributed by atoms with Gasteiger partial charge in [-0.3, -0.25) is 9.78 Å². The second-order valence-electron chi connectivity index (χ2n) is 6.37. The van der Waals surface area contributed by atoms with Gasteiger partial charge in [-0.05, 0) is 19.1 Å². The lowest BCUT2D eigenvalue weighted by Crippen LogP contribution is -2.24. The lowest BCUT2D eigenvalue weighted by molar-refractivity contribution is 0.0945. The lowest BCUT2D eigenvalue weighted by atomic mass is 10.1. The van der Waals surface area contributed by atoms with Crippen molar-refractivity contribution in [3.63, 3.8) is 0 Å². The lowest BCUT2D eigenvalue weighted by Gasteiger charge is -2.05. The number of amides is 1. The van der Waals surface area contributed by atoms with Crippen LogP contribution >= 0.6 is 0 Å².